The number of aliphatic hydroxyl groups is 1. The van der Waals surface area contributed by atoms with E-state index in [4.69, 9.17) is 0 Å². The lowest BCUT2D eigenvalue weighted by Gasteiger charge is -2.40. The molecular formula is C35H34NO2P. The third-order valence-electron chi connectivity index (χ3n) is 7.35. The van der Waals surface area contributed by atoms with Crippen LogP contribution in [0, 0.1) is 13.8 Å². The average Bonchev–Trinajstić information content (AvgIpc) is 2.98. The van der Waals surface area contributed by atoms with Gasteiger partial charge in [-0.05, 0) is 61.2 Å². The third-order valence-corrected chi connectivity index (χ3v) is 10.1. The number of rotatable bonds is 9. The van der Waals surface area contributed by atoms with Gasteiger partial charge in [-0.3, -0.25) is 9.65 Å². The summed E-state index contributed by atoms with van der Waals surface area (Å²) in [6.07, 6.45) is 0.461. The van der Waals surface area contributed by atoms with Gasteiger partial charge in [0.15, 0.2) is 0 Å². The Morgan fingerprint density at radius 3 is 1.41 bits per heavy atom. The summed E-state index contributed by atoms with van der Waals surface area (Å²) >= 11 is 0. The highest BCUT2D eigenvalue weighted by Gasteiger charge is 2.44. The first kappa shape index (κ1) is 26.8. The van der Waals surface area contributed by atoms with E-state index in [0.717, 1.165) is 27.8 Å². The summed E-state index contributed by atoms with van der Waals surface area (Å²) in [5.41, 5.74) is 3.28. The van der Waals surface area contributed by atoms with Crippen LogP contribution in [0.25, 0.3) is 0 Å². The lowest BCUT2D eigenvalue weighted by atomic mass is 9.78. The number of aryl methyl sites for hydroxylation is 2. The van der Waals surface area contributed by atoms with Crippen LogP contribution in [-0.4, -0.2) is 11.1 Å². The Labute approximate surface area is 231 Å². The maximum absolute atomic E-state index is 15.2. The summed E-state index contributed by atoms with van der Waals surface area (Å²) in [6, 6.07) is 44.5. The Morgan fingerprint density at radius 2 is 1.00 bits per heavy atom. The normalized spacial score (nSPS) is 12.7. The second kappa shape index (κ2) is 11.6. The Morgan fingerprint density at radius 1 is 0.615 bits per heavy atom. The molecule has 0 bridgehead atoms. The number of hydrogen-bond donors (Lipinski definition) is 2. The molecule has 5 aromatic rings. The molecule has 2 N–H and O–H groups in total. The van der Waals surface area contributed by atoms with Gasteiger partial charge in [-0.25, -0.2) is 0 Å². The van der Waals surface area contributed by atoms with E-state index in [1.165, 1.54) is 0 Å². The smallest absolute Gasteiger partial charge is 0.205 e. The molecule has 0 saturated carbocycles. The lowest BCUT2D eigenvalue weighted by molar-refractivity contribution is 0.0455. The van der Waals surface area contributed by atoms with E-state index in [1.54, 1.807) is 0 Å². The molecule has 196 valence electrons. The van der Waals surface area contributed by atoms with Crippen molar-refractivity contribution in [3.05, 3.63) is 167 Å². The van der Waals surface area contributed by atoms with Gasteiger partial charge in [-0.1, -0.05) is 126 Å². The molecule has 39 heavy (non-hydrogen) atoms. The molecule has 0 spiro atoms. The predicted molar refractivity (Wildman–Crippen MR) is 162 cm³/mol. The van der Waals surface area contributed by atoms with Crippen LogP contribution in [0.2, 0.25) is 0 Å². The molecule has 0 amide bonds. The molecule has 0 unspecified atom stereocenters. The topological polar surface area (TPSA) is 49.3 Å². The van der Waals surface area contributed by atoms with Crippen molar-refractivity contribution in [3.8, 4) is 0 Å². The average molecular weight is 532 g/mol. The minimum Gasteiger partial charge on any atom is -0.379 e. The minimum atomic E-state index is -3.38. The highest BCUT2D eigenvalue weighted by atomic mass is 31.2. The van der Waals surface area contributed by atoms with E-state index in [-0.39, 0.29) is 0 Å². The van der Waals surface area contributed by atoms with Crippen molar-refractivity contribution in [2.45, 2.75) is 31.9 Å². The molecule has 0 heterocycles. The molecule has 0 aliphatic rings. The summed E-state index contributed by atoms with van der Waals surface area (Å²) in [5, 5.41) is 17.9. The van der Waals surface area contributed by atoms with Gasteiger partial charge in [0.25, 0.3) is 0 Å². The van der Waals surface area contributed by atoms with Gasteiger partial charge in [0.05, 0.1) is 6.04 Å². The fourth-order valence-corrected chi connectivity index (χ4v) is 7.61. The first-order chi connectivity index (χ1) is 18.9. The number of hydrogen-bond acceptors (Lipinski definition) is 2. The van der Waals surface area contributed by atoms with Crippen molar-refractivity contribution in [2.75, 3.05) is 0 Å². The van der Waals surface area contributed by atoms with E-state index in [9.17, 15) is 5.11 Å². The summed E-state index contributed by atoms with van der Waals surface area (Å²) < 4.78 is 15.2. The quantitative estimate of drug-likeness (QED) is 0.209. The molecule has 0 fully saturated rings. The van der Waals surface area contributed by atoms with Crippen LogP contribution in [0.1, 0.15) is 27.8 Å². The standard InChI is InChI=1S/C35H34NO2P/c1-27-18-22-30(23-19-27)35(37,31-24-20-28(2)21-25-31)34(26-29-12-6-3-7-13-29)36-39(38,32-14-8-4-9-15-32)33-16-10-5-11-17-33/h3-25,34,37H,26H2,1-2H3,(H,36,38)/t34-/m0/s1. The van der Waals surface area contributed by atoms with Crippen LogP contribution >= 0.6 is 7.29 Å². The Bertz CT molecular complexity index is 1450. The first-order valence-corrected chi connectivity index (χ1v) is 15.0. The largest absolute Gasteiger partial charge is 0.379 e. The van der Waals surface area contributed by atoms with Crippen molar-refractivity contribution in [1.82, 2.24) is 5.09 Å². The fourth-order valence-electron chi connectivity index (χ4n) is 5.11. The highest BCUT2D eigenvalue weighted by Crippen LogP contribution is 2.44. The second-order valence-electron chi connectivity index (χ2n) is 10.2. The Hall–Kier alpha value is -3.75. The van der Waals surface area contributed by atoms with Crippen LogP contribution in [0.15, 0.2) is 140 Å². The van der Waals surface area contributed by atoms with E-state index >= 15 is 4.57 Å². The van der Waals surface area contributed by atoms with Crippen LogP contribution < -0.4 is 15.7 Å². The van der Waals surface area contributed by atoms with Crippen LogP contribution in [0.3, 0.4) is 0 Å². The number of nitrogens with one attached hydrogen (secondary N) is 1. The van der Waals surface area contributed by atoms with Crippen LogP contribution in [0.4, 0.5) is 0 Å². The van der Waals surface area contributed by atoms with Crippen molar-refractivity contribution in [3.63, 3.8) is 0 Å². The minimum absolute atomic E-state index is 0.461. The predicted octanol–water partition coefficient (Wildman–Crippen LogP) is 6.67. The summed E-state index contributed by atoms with van der Waals surface area (Å²) in [7, 11) is -3.38. The molecular weight excluding hydrogens is 497 g/mol. The lowest BCUT2D eigenvalue weighted by Crippen LogP contribution is -2.51. The summed E-state index contributed by atoms with van der Waals surface area (Å²) in [6.45, 7) is 4.07. The molecule has 0 radical (unpaired) electrons. The van der Waals surface area contributed by atoms with Gasteiger partial charge in [-0.2, -0.15) is 0 Å². The molecule has 1 atom stereocenters. The van der Waals surface area contributed by atoms with E-state index in [1.807, 2.05) is 141 Å². The first-order valence-electron chi connectivity index (χ1n) is 13.3. The zero-order valence-corrected chi connectivity index (χ0v) is 23.3. The van der Waals surface area contributed by atoms with Gasteiger partial charge >= 0.3 is 0 Å². The van der Waals surface area contributed by atoms with E-state index in [0.29, 0.717) is 17.0 Å². The Kier molecular flexibility index (Phi) is 7.95. The van der Waals surface area contributed by atoms with Gasteiger partial charge in [-0.15, -0.1) is 0 Å². The third kappa shape index (κ3) is 5.67. The molecule has 0 aliphatic carbocycles. The van der Waals surface area contributed by atoms with Gasteiger partial charge in [0.1, 0.15) is 5.60 Å². The molecule has 3 nitrogen and oxygen atoms in total. The molecule has 4 heteroatoms. The zero-order chi connectivity index (χ0) is 27.3. The van der Waals surface area contributed by atoms with Crippen LogP contribution in [0.5, 0.6) is 0 Å². The van der Waals surface area contributed by atoms with Crippen molar-refractivity contribution in [2.24, 2.45) is 0 Å². The fraction of sp³-hybridized carbons (Fsp3) is 0.143. The van der Waals surface area contributed by atoms with Gasteiger partial charge in [0, 0.05) is 10.6 Å². The molecule has 5 rings (SSSR count). The van der Waals surface area contributed by atoms with E-state index < -0.39 is 18.9 Å². The zero-order valence-electron chi connectivity index (χ0n) is 22.4. The summed E-state index contributed by atoms with van der Waals surface area (Å²) in [5.74, 6) is 0. The molecule has 0 aliphatic heterocycles. The van der Waals surface area contributed by atoms with Gasteiger partial charge in [0.2, 0.25) is 7.29 Å². The number of benzene rings is 5. The van der Waals surface area contributed by atoms with Crippen molar-refractivity contribution >= 4 is 17.9 Å². The maximum Gasteiger partial charge on any atom is 0.205 e. The Balaban J connectivity index is 1.73. The molecule has 0 aromatic heterocycles. The van der Waals surface area contributed by atoms with Crippen LogP contribution in [-0.2, 0) is 16.6 Å². The molecule has 5 aromatic carbocycles. The molecule has 0 saturated heterocycles. The van der Waals surface area contributed by atoms with Crippen molar-refractivity contribution in [1.29, 1.82) is 0 Å². The monoisotopic (exact) mass is 531 g/mol. The maximum atomic E-state index is 15.2. The van der Waals surface area contributed by atoms with E-state index in [2.05, 4.69) is 17.2 Å². The SMILES string of the molecule is Cc1ccc(C(O)(c2ccc(C)cc2)[C@H](Cc2ccccc2)NP(=O)(c2ccccc2)c2ccccc2)cc1. The van der Waals surface area contributed by atoms with Gasteiger partial charge < -0.3 is 5.11 Å². The van der Waals surface area contributed by atoms with Crippen molar-refractivity contribution < 1.29 is 9.67 Å². The highest BCUT2D eigenvalue weighted by molar-refractivity contribution is 7.76. The summed E-state index contributed by atoms with van der Waals surface area (Å²) in [4.78, 5) is 0. The second-order valence-corrected chi connectivity index (χ2v) is 12.7.